The van der Waals surface area contributed by atoms with E-state index in [9.17, 15) is 14.4 Å². The standard InChI is InChI=1S/C25H24ClFN8O2/c1-25(19-4-5-20(27)18(10-28)23(19)26)13-34-9-8-33(11-15(34)12-37-25)24(36)17-2-6-21-16(17)3-7-22(30-21)35-14-29-31-32-35/h3-5,7,14-15,17H,2,6,8-9,11-13H2,1H3/t15-,17?,25+/m1/s1. The van der Waals surface area contributed by atoms with Crippen molar-refractivity contribution in [3.63, 3.8) is 0 Å². The molecule has 3 aromatic rings. The number of nitriles is 1. The average molecular weight is 523 g/mol. The Balaban J connectivity index is 1.15. The third-order valence-corrected chi connectivity index (χ3v) is 8.10. The molecule has 2 saturated heterocycles. The summed E-state index contributed by atoms with van der Waals surface area (Å²) in [5, 5.41) is 20.6. The molecular formula is C25H24ClFN8O2. The van der Waals surface area contributed by atoms with Crippen LogP contribution in [0.25, 0.3) is 5.82 Å². The molecule has 0 bridgehead atoms. The lowest BCUT2D eigenvalue weighted by molar-refractivity contribution is -0.156. The first-order chi connectivity index (χ1) is 17.9. The van der Waals surface area contributed by atoms with E-state index in [1.54, 1.807) is 6.07 Å². The number of carbonyl (C=O) groups excluding carboxylic acids is 1. The summed E-state index contributed by atoms with van der Waals surface area (Å²) >= 11 is 6.40. The Bertz CT molecular complexity index is 1410. The van der Waals surface area contributed by atoms with Gasteiger partial charge in [0.2, 0.25) is 5.91 Å². The second-order valence-corrected chi connectivity index (χ2v) is 10.3. The number of pyridine rings is 1. The van der Waals surface area contributed by atoms with E-state index < -0.39 is 11.4 Å². The van der Waals surface area contributed by atoms with Crippen molar-refractivity contribution in [2.75, 3.05) is 32.8 Å². The molecule has 0 radical (unpaired) electrons. The Morgan fingerprint density at radius 2 is 2.16 bits per heavy atom. The first-order valence-electron chi connectivity index (χ1n) is 12.2. The predicted molar refractivity (Wildman–Crippen MR) is 129 cm³/mol. The number of nitrogens with zero attached hydrogens (tertiary/aromatic N) is 8. The molecule has 1 amide bonds. The number of carbonyl (C=O) groups is 1. The van der Waals surface area contributed by atoms with Crippen LogP contribution in [0, 0.1) is 17.1 Å². The second kappa shape index (κ2) is 9.13. The fourth-order valence-electron chi connectivity index (χ4n) is 5.72. The smallest absolute Gasteiger partial charge is 0.230 e. The minimum Gasteiger partial charge on any atom is -0.367 e. The predicted octanol–water partition coefficient (Wildman–Crippen LogP) is 2.21. The van der Waals surface area contributed by atoms with E-state index in [1.807, 2.05) is 30.0 Å². The van der Waals surface area contributed by atoms with E-state index in [2.05, 4.69) is 25.4 Å². The SMILES string of the molecule is C[C@@]1(c2ccc(F)c(C#N)c2Cl)CN2CCN(C(=O)C3CCc4nc(-n5cnnn5)ccc43)C[C@@H]2CO1. The summed E-state index contributed by atoms with van der Waals surface area (Å²) in [7, 11) is 0. The quantitative estimate of drug-likeness (QED) is 0.514. The van der Waals surface area contributed by atoms with Gasteiger partial charge in [-0.05, 0) is 47.9 Å². The molecule has 0 saturated carbocycles. The van der Waals surface area contributed by atoms with Crippen LogP contribution in [0.3, 0.4) is 0 Å². The molecule has 37 heavy (non-hydrogen) atoms. The summed E-state index contributed by atoms with van der Waals surface area (Å²) in [4.78, 5) is 22.5. The summed E-state index contributed by atoms with van der Waals surface area (Å²) in [5.74, 6) is -0.106. The maximum Gasteiger partial charge on any atom is 0.230 e. The maximum absolute atomic E-state index is 14.0. The van der Waals surface area contributed by atoms with Crippen molar-refractivity contribution in [1.29, 1.82) is 5.26 Å². The van der Waals surface area contributed by atoms with Gasteiger partial charge in [0, 0.05) is 37.4 Å². The number of amides is 1. The highest BCUT2D eigenvalue weighted by Gasteiger charge is 2.44. The molecule has 3 atom stereocenters. The summed E-state index contributed by atoms with van der Waals surface area (Å²) in [6.07, 6.45) is 2.95. The number of morpholine rings is 1. The van der Waals surface area contributed by atoms with E-state index in [4.69, 9.17) is 16.3 Å². The van der Waals surface area contributed by atoms with Gasteiger partial charge in [0.1, 0.15) is 29.4 Å². The topological polar surface area (TPSA) is 113 Å². The molecule has 0 spiro atoms. The lowest BCUT2D eigenvalue weighted by Crippen LogP contribution is -2.63. The first kappa shape index (κ1) is 23.9. The fraction of sp³-hybridized carbons (Fsp3) is 0.440. The minimum atomic E-state index is -0.785. The normalized spacial score (nSPS) is 25.4. The van der Waals surface area contributed by atoms with Crippen molar-refractivity contribution in [3.05, 3.63) is 63.8 Å². The summed E-state index contributed by atoms with van der Waals surface area (Å²) < 4.78 is 21.8. The van der Waals surface area contributed by atoms with Gasteiger partial charge in [-0.1, -0.05) is 23.7 Å². The number of hydrogen-bond donors (Lipinski definition) is 0. The molecule has 2 fully saturated rings. The molecule has 1 aromatic carbocycles. The molecule has 12 heteroatoms. The van der Waals surface area contributed by atoms with Gasteiger partial charge in [0.05, 0.1) is 23.6 Å². The number of piperazine rings is 1. The molecule has 6 rings (SSSR count). The number of benzene rings is 1. The average Bonchev–Trinajstić information content (AvgIpc) is 3.58. The number of halogens is 2. The van der Waals surface area contributed by atoms with Crippen molar-refractivity contribution in [1.82, 2.24) is 35.0 Å². The Morgan fingerprint density at radius 1 is 1.30 bits per heavy atom. The number of fused-ring (bicyclic) bond motifs is 2. The van der Waals surface area contributed by atoms with Crippen LogP contribution in [0.5, 0.6) is 0 Å². The van der Waals surface area contributed by atoms with Crippen LogP contribution >= 0.6 is 11.6 Å². The zero-order valence-corrected chi connectivity index (χ0v) is 20.9. The summed E-state index contributed by atoms with van der Waals surface area (Å²) in [6, 6.07) is 8.54. The van der Waals surface area contributed by atoms with Crippen LogP contribution < -0.4 is 0 Å². The number of ether oxygens (including phenoxy) is 1. The van der Waals surface area contributed by atoms with Crippen LogP contribution in [0.4, 0.5) is 4.39 Å². The van der Waals surface area contributed by atoms with E-state index in [1.165, 1.54) is 17.1 Å². The van der Waals surface area contributed by atoms with Crippen LogP contribution in [-0.2, 0) is 21.6 Å². The largest absolute Gasteiger partial charge is 0.367 e. The number of hydrogen-bond acceptors (Lipinski definition) is 8. The minimum absolute atomic E-state index is 0.0432. The van der Waals surface area contributed by atoms with Gasteiger partial charge < -0.3 is 9.64 Å². The van der Waals surface area contributed by atoms with Crippen molar-refractivity contribution >= 4 is 17.5 Å². The molecule has 190 valence electrons. The van der Waals surface area contributed by atoms with Crippen LogP contribution in [-0.4, -0.2) is 79.7 Å². The van der Waals surface area contributed by atoms with Crippen LogP contribution in [0.1, 0.15) is 41.6 Å². The van der Waals surface area contributed by atoms with Gasteiger partial charge in [-0.25, -0.2) is 9.37 Å². The zero-order valence-electron chi connectivity index (χ0n) is 20.1. The Morgan fingerprint density at radius 3 is 2.95 bits per heavy atom. The molecule has 4 heterocycles. The highest BCUT2D eigenvalue weighted by Crippen LogP contribution is 2.39. The summed E-state index contributed by atoms with van der Waals surface area (Å²) in [5.41, 5.74) is 1.52. The highest BCUT2D eigenvalue weighted by atomic mass is 35.5. The zero-order chi connectivity index (χ0) is 25.7. The first-order valence-corrected chi connectivity index (χ1v) is 12.5. The van der Waals surface area contributed by atoms with E-state index in [0.29, 0.717) is 44.2 Å². The fourth-order valence-corrected chi connectivity index (χ4v) is 6.12. The monoisotopic (exact) mass is 522 g/mol. The van der Waals surface area contributed by atoms with Gasteiger partial charge in [-0.15, -0.1) is 5.10 Å². The Kier molecular flexibility index (Phi) is 5.90. The van der Waals surface area contributed by atoms with Gasteiger partial charge in [-0.2, -0.15) is 9.94 Å². The molecule has 0 N–H and O–H groups in total. The molecule has 2 aromatic heterocycles. The van der Waals surface area contributed by atoms with E-state index in [-0.39, 0.29) is 28.5 Å². The van der Waals surface area contributed by atoms with Gasteiger partial charge in [0.25, 0.3) is 0 Å². The van der Waals surface area contributed by atoms with Crippen molar-refractivity contribution in [2.24, 2.45) is 0 Å². The molecule has 2 aliphatic heterocycles. The third kappa shape index (κ3) is 4.05. The lowest BCUT2D eigenvalue weighted by atomic mass is 9.90. The number of rotatable bonds is 3. The molecular weight excluding hydrogens is 499 g/mol. The van der Waals surface area contributed by atoms with Crippen molar-refractivity contribution in [2.45, 2.75) is 37.3 Å². The van der Waals surface area contributed by atoms with Crippen molar-refractivity contribution < 1.29 is 13.9 Å². The number of aryl methyl sites for hydroxylation is 1. The second-order valence-electron chi connectivity index (χ2n) is 9.90. The van der Waals surface area contributed by atoms with Crippen LogP contribution in [0.15, 0.2) is 30.6 Å². The van der Waals surface area contributed by atoms with Gasteiger partial charge >= 0.3 is 0 Å². The highest BCUT2D eigenvalue weighted by molar-refractivity contribution is 6.32. The molecule has 10 nitrogen and oxygen atoms in total. The Labute approximate surface area is 217 Å². The van der Waals surface area contributed by atoms with Gasteiger partial charge in [0.15, 0.2) is 5.82 Å². The third-order valence-electron chi connectivity index (χ3n) is 7.71. The molecule has 1 unspecified atom stereocenters. The van der Waals surface area contributed by atoms with E-state index in [0.717, 1.165) is 24.1 Å². The Hall–Kier alpha value is -3.46. The molecule has 3 aliphatic rings. The lowest BCUT2D eigenvalue weighted by Gasteiger charge is -2.50. The summed E-state index contributed by atoms with van der Waals surface area (Å²) in [6.45, 7) is 4.70. The number of tetrazole rings is 1. The number of aromatic nitrogens is 5. The van der Waals surface area contributed by atoms with Gasteiger partial charge in [-0.3, -0.25) is 9.69 Å². The van der Waals surface area contributed by atoms with Crippen LogP contribution in [0.2, 0.25) is 5.02 Å². The molecule has 1 aliphatic carbocycles. The van der Waals surface area contributed by atoms with Crippen molar-refractivity contribution in [3.8, 4) is 11.9 Å². The maximum atomic E-state index is 14.0. The van der Waals surface area contributed by atoms with E-state index >= 15 is 0 Å².